The fourth-order valence-corrected chi connectivity index (χ4v) is 2.10. The van der Waals surface area contributed by atoms with Crippen molar-refractivity contribution in [2.24, 2.45) is 0 Å². The number of halogens is 3. The van der Waals surface area contributed by atoms with Crippen LogP contribution >= 0.6 is 0 Å². The predicted octanol–water partition coefficient (Wildman–Crippen LogP) is 1.04. The summed E-state index contributed by atoms with van der Waals surface area (Å²) in [6.45, 7) is -0.584. The number of carbonyl (C=O) groups is 1. The Hall–Kier alpha value is -1.81. The standard InChI is InChI=1S/C10H10F3NO5S/c1-18-9(15)6-14-20(16,17)8-4-2-7(3-5-8)19-10(11,12)13/h2-5,14H,6H2,1H3. The summed E-state index contributed by atoms with van der Waals surface area (Å²) in [6, 6.07) is 3.53. The summed E-state index contributed by atoms with van der Waals surface area (Å²) >= 11 is 0. The molecule has 0 unspecified atom stereocenters. The summed E-state index contributed by atoms with van der Waals surface area (Å²) in [5.41, 5.74) is 0. The highest BCUT2D eigenvalue weighted by molar-refractivity contribution is 7.89. The lowest BCUT2D eigenvalue weighted by atomic mass is 10.3. The van der Waals surface area contributed by atoms with E-state index in [1.165, 1.54) is 0 Å². The van der Waals surface area contributed by atoms with Gasteiger partial charge in [-0.2, -0.15) is 4.72 Å². The Morgan fingerprint density at radius 2 is 1.80 bits per heavy atom. The van der Waals surface area contributed by atoms with Gasteiger partial charge in [0.25, 0.3) is 0 Å². The number of esters is 1. The van der Waals surface area contributed by atoms with Gasteiger partial charge in [-0.3, -0.25) is 4.79 Å². The summed E-state index contributed by atoms with van der Waals surface area (Å²) in [4.78, 5) is 10.5. The highest BCUT2D eigenvalue weighted by atomic mass is 32.2. The molecule has 0 saturated heterocycles. The molecule has 20 heavy (non-hydrogen) atoms. The normalized spacial score (nSPS) is 12.0. The highest BCUT2D eigenvalue weighted by Gasteiger charge is 2.31. The number of rotatable bonds is 5. The van der Waals surface area contributed by atoms with Gasteiger partial charge in [-0.05, 0) is 24.3 Å². The lowest BCUT2D eigenvalue weighted by Crippen LogP contribution is -2.30. The van der Waals surface area contributed by atoms with Crippen molar-refractivity contribution in [1.29, 1.82) is 0 Å². The molecule has 0 aliphatic carbocycles. The average molecular weight is 313 g/mol. The second-order valence-corrected chi connectivity index (χ2v) is 5.19. The number of sulfonamides is 1. The third-order valence-electron chi connectivity index (χ3n) is 2.00. The zero-order valence-electron chi connectivity index (χ0n) is 10.1. The van der Waals surface area contributed by atoms with Crippen LogP contribution in [0, 0.1) is 0 Å². The van der Waals surface area contributed by atoms with Gasteiger partial charge in [0.1, 0.15) is 12.3 Å². The van der Waals surface area contributed by atoms with Crippen molar-refractivity contribution in [3.05, 3.63) is 24.3 Å². The van der Waals surface area contributed by atoms with Crippen LogP contribution in [0.3, 0.4) is 0 Å². The lowest BCUT2D eigenvalue weighted by Gasteiger charge is -2.09. The molecule has 0 bridgehead atoms. The van der Waals surface area contributed by atoms with Crippen LogP contribution in [0.15, 0.2) is 29.2 Å². The number of hydrogen-bond acceptors (Lipinski definition) is 5. The van der Waals surface area contributed by atoms with E-state index in [1.807, 2.05) is 4.72 Å². The predicted molar refractivity (Wildman–Crippen MR) is 60.3 cm³/mol. The van der Waals surface area contributed by atoms with Crippen LogP contribution in [-0.2, 0) is 19.6 Å². The molecule has 10 heteroatoms. The Kier molecular flexibility index (Phi) is 4.95. The van der Waals surface area contributed by atoms with Gasteiger partial charge in [-0.25, -0.2) is 8.42 Å². The molecule has 0 aromatic heterocycles. The third kappa shape index (κ3) is 5.05. The molecule has 6 nitrogen and oxygen atoms in total. The van der Waals surface area contributed by atoms with Crippen molar-refractivity contribution in [3.8, 4) is 5.75 Å². The van der Waals surface area contributed by atoms with Gasteiger partial charge in [0, 0.05) is 0 Å². The zero-order chi connectivity index (χ0) is 15.4. The molecule has 1 aromatic rings. The molecule has 112 valence electrons. The first kappa shape index (κ1) is 16.2. The first-order chi connectivity index (χ1) is 9.14. The lowest BCUT2D eigenvalue weighted by molar-refractivity contribution is -0.274. The van der Waals surface area contributed by atoms with E-state index in [4.69, 9.17) is 0 Å². The molecule has 0 spiro atoms. The van der Waals surface area contributed by atoms with Crippen molar-refractivity contribution in [3.63, 3.8) is 0 Å². The van der Waals surface area contributed by atoms with Gasteiger partial charge in [0.05, 0.1) is 12.0 Å². The molecule has 1 aromatic carbocycles. The summed E-state index contributed by atoms with van der Waals surface area (Å²) in [5.74, 6) is -1.35. The molecular weight excluding hydrogens is 303 g/mol. The van der Waals surface area contributed by atoms with Gasteiger partial charge in [0.15, 0.2) is 0 Å². The second kappa shape index (κ2) is 6.09. The Balaban J connectivity index is 2.79. The van der Waals surface area contributed by atoms with Crippen LogP contribution in [0.25, 0.3) is 0 Å². The summed E-state index contributed by atoms with van der Waals surface area (Å²) < 4.78 is 68.9. The molecule has 0 fully saturated rings. The number of carbonyl (C=O) groups excluding carboxylic acids is 1. The maximum atomic E-state index is 11.9. The van der Waals surface area contributed by atoms with E-state index in [0.717, 1.165) is 31.4 Å². The SMILES string of the molecule is COC(=O)CNS(=O)(=O)c1ccc(OC(F)(F)F)cc1. The van der Waals surface area contributed by atoms with E-state index >= 15 is 0 Å². The maximum absolute atomic E-state index is 11.9. The largest absolute Gasteiger partial charge is 0.573 e. The Morgan fingerprint density at radius 3 is 2.25 bits per heavy atom. The Morgan fingerprint density at radius 1 is 1.25 bits per heavy atom. The molecule has 0 amide bonds. The second-order valence-electron chi connectivity index (χ2n) is 3.42. The number of ether oxygens (including phenoxy) is 2. The van der Waals surface area contributed by atoms with Gasteiger partial charge in [-0.1, -0.05) is 0 Å². The average Bonchev–Trinajstić information content (AvgIpc) is 2.34. The van der Waals surface area contributed by atoms with Crippen LogP contribution in [0.2, 0.25) is 0 Å². The molecular formula is C10H10F3NO5S. The minimum Gasteiger partial charge on any atom is -0.468 e. The first-order valence-corrected chi connectivity index (χ1v) is 6.54. The molecule has 0 aliphatic rings. The number of benzene rings is 1. The molecule has 1 N–H and O–H groups in total. The van der Waals surface area contributed by atoms with Crippen LogP contribution in [0.4, 0.5) is 13.2 Å². The fraction of sp³-hybridized carbons (Fsp3) is 0.300. The minimum atomic E-state index is -4.86. The Labute approximate surface area is 112 Å². The first-order valence-electron chi connectivity index (χ1n) is 5.06. The smallest absolute Gasteiger partial charge is 0.468 e. The van der Waals surface area contributed by atoms with Crippen molar-refractivity contribution in [2.75, 3.05) is 13.7 Å². The molecule has 1 rings (SSSR count). The molecule has 0 aliphatic heterocycles. The topological polar surface area (TPSA) is 81.7 Å². The van der Waals surface area contributed by atoms with Gasteiger partial charge in [-0.15, -0.1) is 13.2 Å². The van der Waals surface area contributed by atoms with Crippen molar-refractivity contribution in [2.45, 2.75) is 11.3 Å². The maximum Gasteiger partial charge on any atom is 0.573 e. The monoisotopic (exact) mass is 313 g/mol. The number of hydrogen-bond donors (Lipinski definition) is 1. The van der Waals surface area contributed by atoms with E-state index in [9.17, 15) is 26.4 Å². The summed E-state index contributed by atoms with van der Waals surface area (Å²) in [6.07, 6.45) is -4.86. The zero-order valence-corrected chi connectivity index (χ0v) is 10.9. The summed E-state index contributed by atoms with van der Waals surface area (Å²) in [5, 5.41) is 0. The molecule has 0 radical (unpaired) electrons. The Bertz CT molecular complexity index is 568. The van der Waals surface area contributed by atoms with E-state index in [-0.39, 0.29) is 4.90 Å². The number of methoxy groups -OCH3 is 1. The van der Waals surface area contributed by atoms with E-state index in [0.29, 0.717) is 0 Å². The van der Waals surface area contributed by atoms with Crippen molar-refractivity contribution in [1.82, 2.24) is 4.72 Å². The van der Waals surface area contributed by atoms with Gasteiger partial charge in [0.2, 0.25) is 10.0 Å². The summed E-state index contributed by atoms with van der Waals surface area (Å²) in [7, 11) is -2.93. The van der Waals surface area contributed by atoms with Crippen molar-refractivity contribution < 1.29 is 35.9 Å². The van der Waals surface area contributed by atoms with Crippen molar-refractivity contribution >= 4 is 16.0 Å². The molecule has 0 atom stereocenters. The fourth-order valence-electron chi connectivity index (χ4n) is 1.13. The molecule has 0 saturated carbocycles. The minimum absolute atomic E-state index is 0.309. The van der Waals surface area contributed by atoms with E-state index in [2.05, 4.69) is 9.47 Å². The van der Waals surface area contributed by atoms with Crippen LogP contribution in [0.5, 0.6) is 5.75 Å². The highest BCUT2D eigenvalue weighted by Crippen LogP contribution is 2.23. The number of alkyl halides is 3. The van der Waals surface area contributed by atoms with Gasteiger partial charge >= 0.3 is 12.3 Å². The quantitative estimate of drug-likeness (QED) is 0.821. The molecule has 0 heterocycles. The third-order valence-corrected chi connectivity index (χ3v) is 3.42. The van der Waals surface area contributed by atoms with Crippen LogP contribution in [0.1, 0.15) is 0 Å². The van der Waals surface area contributed by atoms with Gasteiger partial charge < -0.3 is 9.47 Å². The van der Waals surface area contributed by atoms with Crippen LogP contribution in [-0.4, -0.2) is 34.4 Å². The van der Waals surface area contributed by atoms with Crippen LogP contribution < -0.4 is 9.46 Å². The van der Waals surface area contributed by atoms with E-state index < -0.39 is 34.6 Å². The number of nitrogens with one attached hydrogen (secondary N) is 1. The van der Waals surface area contributed by atoms with E-state index in [1.54, 1.807) is 0 Å².